The average molecular weight is 358 g/mol. The van der Waals surface area contributed by atoms with E-state index in [9.17, 15) is 4.79 Å². The fourth-order valence-corrected chi connectivity index (χ4v) is 2.35. The van der Waals surface area contributed by atoms with Gasteiger partial charge in [0, 0.05) is 10.6 Å². The van der Waals surface area contributed by atoms with E-state index in [-0.39, 0.29) is 5.57 Å². The van der Waals surface area contributed by atoms with Crippen molar-refractivity contribution in [1.29, 1.82) is 0 Å². The van der Waals surface area contributed by atoms with Crippen LogP contribution in [0.1, 0.15) is 12.5 Å². The summed E-state index contributed by atoms with van der Waals surface area (Å²) in [5.74, 6) is -0.140. The van der Waals surface area contributed by atoms with Gasteiger partial charge in [0.1, 0.15) is 11.5 Å². The third kappa shape index (κ3) is 4.17. The molecule has 6 heteroatoms. The van der Waals surface area contributed by atoms with Crippen molar-refractivity contribution < 1.29 is 14.6 Å². The van der Waals surface area contributed by atoms with E-state index in [2.05, 4.69) is 0 Å². The van der Waals surface area contributed by atoms with Crippen molar-refractivity contribution in [2.75, 3.05) is 0 Å². The van der Waals surface area contributed by atoms with Gasteiger partial charge in [-0.25, -0.2) is 4.79 Å². The minimum absolute atomic E-state index is 0.213. The molecule has 0 aliphatic carbocycles. The van der Waals surface area contributed by atoms with Crippen molar-refractivity contribution in [1.82, 2.24) is 0 Å². The fraction of sp³-hybridized carbons (Fsp3) is 0.0625. The van der Waals surface area contributed by atoms with Crippen molar-refractivity contribution in [2.24, 2.45) is 0 Å². The molecule has 0 aromatic heterocycles. The van der Waals surface area contributed by atoms with E-state index in [0.29, 0.717) is 32.1 Å². The van der Waals surface area contributed by atoms with Crippen LogP contribution in [0.2, 0.25) is 15.1 Å². The van der Waals surface area contributed by atoms with Crippen LogP contribution in [-0.2, 0) is 4.79 Å². The van der Waals surface area contributed by atoms with Crippen LogP contribution in [0.4, 0.5) is 0 Å². The Kier molecular flexibility index (Phi) is 5.35. The van der Waals surface area contributed by atoms with E-state index in [1.165, 1.54) is 13.0 Å². The summed E-state index contributed by atoms with van der Waals surface area (Å²) >= 11 is 18.0. The van der Waals surface area contributed by atoms with Crippen molar-refractivity contribution >= 4 is 46.8 Å². The van der Waals surface area contributed by atoms with E-state index >= 15 is 0 Å². The first-order chi connectivity index (χ1) is 10.4. The van der Waals surface area contributed by atoms with Crippen LogP contribution in [0, 0.1) is 0 Å². The molecular formula is C16H11Cl3O3. The van der Waals surface area contributed by atoms with Gasteiger partial charge in [-0.2, -0.15) is 0 Å². The molecule has 3 nitrogen and oxygen atoms in total. The van der Waals surface area contributed by atoms with Gasteiger partial charge in [-0.1, -0.05) is 40.9 Å². The molecule has 1 N–H and O–H groups in total. The van der Waals surface area contributed by atoms with E-state index in [0.717, 1.165) is 0 Å². The minimum Gasteiger partial charge on any atom is -0.478 e. The maximum Gasteiger partial charge on any atom is 0.331 e. The number of rotatable bonds is 4. The third-order valence-electron chi connectivity index (χ3n) is 2.79. The molecule has 0 atom stereocenters. The zero-order chi connectivity index (χ0) is 16.3. The molecule has 0 saturated heterocycles. The summed E-state index contributed by atoms with van der Waals surface area (Å²) in [6.07, 6.45) is 1.52. The Morgan fingerprint density at radius 1 is 1.05 bits per heavy atom. The number of hydrogen-bond donors (Lipinski definition) is 1. The highest BCUT2D eigenvalue weighted by molar-refractivity contribution is 6.35. The fourth-order valence-electron chi connectivity index (χ4n) is 1.68. The summed E-state index contributed by atoms with van der Waals surface area (Å²) in [6.45, 7) is 1.51. The van der Waals surface area contributed by atoms with Crippen LogP contribution in [-0.4, -0.2) is 11.1 Å². The molecule has 0 heterocycles. The van der Waals surface area contributed by atoms with Crippen LogP contribution >= 0.6 is 34.8 Å². The Bertz CT molecular complexity index is 754. The van der Waals surface area contributed by atoms with Gasteiger partial charge in [0.2, 0.25) is 0 Å². The topological polar surface area (TPSA) is 46.5 Å². The Labute approximate surface area is 142 Å². The van der Waals surface area contributed by atoms with E-state index < -0.39 is 5.97 Å². The van der Waals surface area contributed by atoms with Crippen molar-refractivity contribution in [3.8, 4) is 11.5 Å². The molecule has 22 heavy (non-hydrogen) atoms. The molecule has 114 valence electrons. The molecule has 0 saturated carbocycles. The SMILES string of the molecule is C/C(=C\c1ccc(Oc2ccc(Cl)cc2Cl)c(Cl)c1)C(=O)O. The lowest BCUT2D eigenvalue weighted by Gasteiger charge is -2.10. The maximum atomic E-state index is 10.8. The van der Waals surface area contributed by atoms with Gasteiger partial charge in [-0.3, -0.25) is 0 Å². The third-order valence-corrected chi connectivity index (χ3v) is 3.62. The Balaban J connectivity index is 2.27. The van der Waals surface area contributed by atoms with Gasteiger partial charge in [0.15, 0.2) is 0 Å². The first-order valence-electron chi connectivity index (χ1n) is 6.21. The number of aliphatic carboxylic acids is 1. The number of carboxylic acid groups (broad SMARTS) is 1. The first-order valence-corrected chi connectivity index (χ1v) is 7.34. The van der Waals surface area contributed by atoms with Gasteiger partial charge >= 0.3 is 5.97 Å². The lowest BCUT2D eigenvalue weighted by Crippen LogP contribution is -1.95. The number of carboxylic acids is 1. The Hall–Kier alpha value is -1.68. The predicted octanol–water partition coefficient (Wildman–Crippen LogP) is 5.93. The predicted molar refractivity (Wildman–Crippen MR) is 89.3 cm³/mol. The molecule has 0 aliphatic rings. The molecule has 0 aliphatic heterocycles. The number of carbonyl (C=O) groups is 1. The molecule has 2 aromatic carbocycles. The zero-order valence-electron chi connectivity index (χ0n) is 11.4. The quantitative estimate of drug-likeness (QED) is 0.690. The largest absolute Gasteiger partial charge is 0.478 e. The number of ether oxygens (including phenoxy) is 1. The highest BCUT2D eigenvalue weighted by Gasteiger charge is 2.08. The smallest absolute Gasteiger partial charge is 0.331 e. The average Bonchev–Trinajstić information content (AvgIpc) is 2.44. The molecule has 2 rings (SSSR count). The number of hydrogen-bond acceptors (Lipinski definition) is 2. The minimum atomic E-state index is -0.982. The summed E-state index contributed by atoms with van der Waals surface area (Å²) in [7, 11) is 0. The highest BCUT2D eigenvalue weighted by atomic mass is 35.5. The molecule has 0 bridgehead atoms. The molecule has 2 aromatic rings. The molecule has 0 spiro atoms. The number of halogens is 3. The summed E-state index contributed by atoms with van der Waals surface area (Å²) < 4.78 is 5.64. The van der Waals surface area contributed by atoms with Crippen molar-refractivity contribution in [3.05, 3.63) is 62.6 Å². The second-order valence-electron chi connectivity index (χ2n) is 4.50. The second kappa shape index (κ2) is 7.05. The van der Waals surface area contributed by atoms with Gasteiger partial charge in [-0.15, -0.1) is 0 Å². The summed E-state index contributed by atoms with van der Waals surface area (Å²) in [4.78, 5) is 10.8. The maximum absolute atomic E-state index is 10.8. The zero-order valence-corrected chi connectivity index (χ0v) is 13.7. The molecule has 0 amide bonds. The van der Waals surface area contributed by atoms with Gasteiger partial charge in [0.05, 0.1) is 10.0 Å². The second-order valence-corrected chi connectivity index (χ2v) is 5.75. The van der Waals surface area contributed by atoms with Crippen molar-refractivity contribution in [3.63, 3.8) is 0 Å². The summed E-state index contributed by atoms with van der Waals surface area (Å²) in [5, 5.41) is 10.1. The van der Waals surface area contributed by atoms with Crippen molar-refractivity contribution in [2.45, 2.75) is 6.92 Å². The van der Waals surface area contributed by atoms with Crippen LogP contribution in [0.5, 0.6) is 11.5 Å². The Morgan fingerprint density at radius 3 is 2.18 bits per heavy atom. The lowest BCUT2D eigenvalue weighted by molar-refractivity contribution is -0.132. The van der Waals surface area contributed by atoms with E-state index in [4.69, 9.17) is 44.6 Å². The van der Waals surface area contributed by atoms with E-state index in [1.54, 1.807) is 36.4 Å². The highest BCUT2D eigenvalue weighted by Crippen LogP contribution is 2.35. The summed E-state index contributed by atoms with van der Waals surface area (Å²) in [6, 6.07) is 9.84. The molecule has 0 radical (unpaired) electrons. The monoisotopic (exact) mass is 356 g/mol. The standard InChI is InChI=1S/C16H11Cl3O3/c1-9(16(20)21)6-10-2-4-14(12(18)7-10)22-15-5-3-11(17)8-13(15)19/h2-8H,1H3,(H,20,21)/b9-6+. The van der Waals surface area contributed by atoms with Gasteiger partial charge < -0.3 is 9.84 Å². The van der Waals surface area contributed by atoms with Crippen LogP contribution in [0.25, 0.3) is 6.08 Å². The van der Waals surface area contributed by atoms with Crippen LogP contribution in [0.3, 0.4) is 0 Å². The molecule has 0 fully saturated rings. The molecule has 0 unspecified atom stereocenters. The lowest BCUT2D eigenvalue weighted by atomic mass is 10.1. The van der Waals surface area contributed by atoms with Crippen LogP contribution in [0.15, 0.2) is 42.0 Å². The van der Waals surface area contributed by atoms with Gasteiger partial charge in [-0.05, 0) is 48.9 Å². The van der Waals surface area contributed by atoms with Gasteiger partial charge in [0.25, 0.3) is 0 Å². The number of benzene rings is 2. The summed E-state index contributed by atoms with van der Waals surface area (Å²) in [5.41, 5.74) is 0.880. The Morgan fingerprint density at radius 2 is 1.64 bits per heavy atom. The van der Waals surface area contributed by atoms with Crippen LogP contribution < -0.4 is 4.74 Å². The van der Waals surface area contributed by atoms with E-state index in [1.807, 2.05) is 0 Å². The normalized spacial score (nSPS) is 11.4. The first kappa shape index (κ1) is 16.7. The molecular weight excluding hydrogens is 347 g/mol.